The van der Waals surface area contributed by atoms with E-state index in [9.17, 15) is 9.59 Å². The van der Waals surface area contributed by atoms with E-state index in [-0.39, 0.29) is 35.0 Å². The van der Waals surface area contributed by atoms with Crippen LogP contribution < -0.4 is 26.9 Å². The summed E-state index contributed by atoms with van der Waals surface area (Å²) in [5.41, 5.74) is 1.33. The van der Waals surface area contributed by atoms with Crippen molar-refractivity contribution in [2.75, 3.05) is 5.32 Å². The molecule has 0 aliphatic heterocycles. The highest BCUT2D eigenvalue weighted by atomic mass is 79.9. The first-order valence-corrected chi connectivity index (χ1v) is 6.38. The molecule has 0 aliphatic rings. The molecule has 0 unspecified atom stereocenters. The highest BCUT2D eigenvalue weighted by Crippen LogP contribution is 2.09. The largest absolute Gasteiger partial charge is 1.00 e. The van der Waals surface area contributed by atoms with Gasteiger partial charge in [-0.1, -0.05) is 5.16 Å². The molecule has 1 aromatic heterocycles. The molecule has 7 nitrogen and oxygen atoms in total. The summed E-state index contributed by atoms with van der Waals surface area (Å²) in [6.45, 7) is 0.0772. The van der Waals surface area contributed by atoms with E-state index in [1.807, 2.05) is 0 Å². The van der Waals surface area contributed by atoms with E-state index in [4.69, 9.17) is 10.3 Å². The van der Waals surface area contributed by atoms with Gasteiger partial charge in [0, 0.05) is 11.8 Å². The van der Waals surface area contributed by atoms with E-state index in [0.717, 1.165) is 0 Å². The summed E-state index contributed by atoms with van der Waals surface area (Å²) in [7, 11) is 0. The van der Waals surface area contributed by atoms with E-state index in [1.165, 1.54) is 30.5 Å². The fourth-order valence-corrected chi connectivity index (χ4v) is 1.85. The average Bonchev–Trinajstić information content (AvgIpc) is 2.48. The summed E-state index contributed by atoms with van der Waals surface area (Å²) in [6, 6.07) is 9.36. The normalized spacial score (nSPS) is 10.1. The van der Waals surface area contributed by atoms with Gasteiger partial charge in [-0.3, -0.25) is 4.79 Å². The van der Waals surface area contributed by atoms with Crippen LogP contribution >= 0.6 is 0 Å². The Morgan fingerprint density at radius 1 is 1.22 bits per heavy atom. The summed E-state index contributed by atoms with van der Waals surface area (Å²) >= 11 is 0. The lowest BCUT2D eigenvalue weighted by molar-refractivity contribution is -0.684. The van der Waals surface area contributed by atoms with Gasteiger partial charge < -0.3 is 32.6 Å². The van der Waals surface area contributed by atoms with Gasteiger partial charge in [-0.2, -0.15) is 4.57 Å². The second-order valence-electron chi connectivity index (χ2n) is 4.48. The van der Waals surface area contributed by atoms with Gasteiger partial charge in [-0.15, -0.1) is 0 Å². The monoisotopic (exact) mass is 379 g/mol. The molecule has 1 heterocycles. The van der Waals surface area contributed by atoms with Crippen LogP contribution in [0.15, 0.2) is 53.9 Å². The van der Waals surface area contributed by atoms with Crippen molar-refractivity contribution < 1.29 is 41.5 Å². The average molecular weight is 380 g/mol. The Morgan fingerprint density at radius 2 is 1.91 bits per heavy atom. The molecular formula is C15H14BrN3O4. The number of nitrogens with one attached hydrogen (secondary N) is 1. The number of halogens is 1. The maximum Gasteiger partial charge on any atom is 0.335 e. The smallest absolute Gasteiger partial charge is 0.335 e. The predicted octanol–water partition coefficient (Wildman–Crippen LogP) is -1.88. The Kier molecular flexibility index (Phi) is 6.88. The number of rotatable bonds is 5. The minimum atomic E-state index is -1.02. The molecule has 0 saturated heterocycles. The first kappa shape index (κ1) is 18.3. The molecular weight excluding hydrogens is 366 g/mol. The zero-order chi connectivity index (χ0) is 15.9. The molecule has 0 radical (unpaired) electrons. The Bertz CT molecular complexity index is 717. The van der Waals surface area contributed by atoms with E-state index in [1.54, 1.807) is 29.1 Å². The Morgan fingerprint density at radius 3 is 2.52 bits per heavy atom. The maximum atomic E-state index is 11.9. The number of benzene rings is 1. The zero-order valence-corrected chi connectivity index (χ0v) is 13.5. The molecule has 0 saturated carbocycles. The quantitative estimate of drug-likeness (QED) is 0.245. The van der Waals surface area contributed by atoms with Crippen molar-refractivity contribution in [3.8, 4) is 0 Å². The van der Waals surface area contributed by atoms with Gasteiger partial charge in [0.1, 0.15) is 0 Å². The van der Waals surface area contributed by atoms with Crippen LogP contribution in [0.1, 0.15) is 15.9 Å². The molecule has 1 aromatic carbocycles. The van der Waals surface area contributed by atoms with Gasteiger partial charge in [0.2, 0.25) is 6.54 Å². The maximum absolute atomic E-state index is 11.9. The summed E-state index contributed by atoms with van der Waals surface area (Å²) in [4.78, 5) is 22.7. The van der Waals surface area contributed by atoms with Crippen LogP contribution in [0.4, 0.5) is 5.69 Å². The Hall–Kier alpha value is -2.74. The van der Waals surface area contributed by atoms with Gasteiger partial charge in [0.15, 0.2) is 12.4 Å². The SMILES string of the molecule is O=C(C[n+]1cccc(C=NO)c1)Nc1ccc(C(=O)O)cc1.[Br-]. The van der Waals surface area contributed by atoms with Gasteiger partial charge >= 0.3 is 5.97 Å². The zero-order valence-electron chi connectivity index (χ0n) is 11.9. The van der Waals surface area contributed by atoms with Crippen molar-refractivity contribution in [2.45, 2.75) is 6.54 Å². The highest BCUT2D eigenvalue weighted by Gasteiger charge is 2.10. The third kappa shape index (κ3) is 5.51. The molecule has 3 N–H and O–H groups in total. The number of hydrogen-bond acceptors (Lipinski definition) is 4. The van der Waals surface area contributed by atoms with Crippen molar-refractivity contribution in [2.24, 2.45) is 5.16 Å². The fourth-order valence-electron chi connectivity index (χ4n) is 1.85. The number of carbonyl (C=O) groups is 2. The number of pyridine rings is 1. The number of anilines is 1. The van der Waals surface area contributed by atoms with Gasteiger partial charge in [-0.25, -0.2) is 4.79 Å². The van der Waals surface area contributed by atoms with Crippen molar-refractivity contribution in [3.05, 3.63) is 59.9 Å². The Balaban J connectivity index is 0.00000264. The molecule has 8 heteroatoms. The molecule has 0 aliphatic carbocycles. The van der Waals surface area contributed by atoms with Crippen molar-refractivity contribution in [3.63, 3.8) is 0 Å². The Labute approximate surface area is 142 Å². The minimum absolute atomic E-state index is 0. The van der Waals surface area contributed by atoms with Crippen LogP contribution in [0.2, 0.25) is 0 Å². The number of nitrogens with zero attached hydrogens (tertiary/aromatic N) is 2. The molecule has 2 aromatic rings. The lowest BCUT2D eigenvalue weighted by Gasteiger charge is -2.03. The molecule has 23 heavy (non-hydrogen) atoms. The molecule has 0 bridgehead atoms. The van der Waals surface area contributed by atoms with Crippen LogP contribution in [0.25, 0.3) is 0 Å². The summed E-state index contributed by atoms with van der Waals surface area (Å²) in [5, 5.41) is 22.9. The summed E-state index contributed by atoms with van der Waals surface area (Å²) < 4.78 is 1.64. The van der Waals surface area contributed by atoms with Crippen LogP contribution in [-0.2, 0) is 11.3 Å². The minimum Gasteiger partial charge on any atom is -1.00 e. The number of oxime groups is 1. The predicted molar refractivity (Wildman–Crippen MR) is 78.0 cm³/mol. The van der Waals surface area contributed by atoms with E-state index < -0.39 is 5.97 Å². The number of amides is 1. The third-order valence-corrected chi connectivity index (χ3v) is 2.83. The van der Waals surface area contributed by atoms with Gasteiger partial charge in [0.05, 0.1) is 17.3 Å². The number of hydrogen-bond donors (Lipinski definition) is 3. The molecule has 2 rings (SSSR count). The number of aromatic carboxylic acids is 1. The van der Waals surface area contributed by atoms with Crippen LogP contribution in [-0.4, -0.2) is 28.4 Å². The first-order chi connectivity index (χ1) is 10.6. The summed E-state index contributed by atoms with van der Waals surface area (Å²) in [6.07, 6.45) is 4.63. The van der Waals surface area contributed by atoms with Crippen molar-refractivity contribution in [1.82, 2.24) is 0 Å². The first-order valence-electron chi connectivity index (χ1n) is 6.38. The van der Waals surface area contributed by atoms with Crippen LogP contribution in [0.3, 0.4) is 0 Å². The van der Waals surface area contributed by atoms with Crippen LogP contribution in [0, 0.1) is 0 Å². The summed E-state index contributed by atoms with van der Waals surface area (Å²) in [5.74, 6) is -1.28. The highest BCUT2D eigenvalue weighted by molar-refractivity contribution is 5.91. The number of carboxylic acids is 1. The van der Waals surface area contributed by atoms with Crippen molar-refractivity contribution in [1.29, 1.82) is 0 Å². The molecule has 1 amide bonds. The molecule has 120 valence electrons. The number of carbonyl (C=O) groups excluding carboxylic acids is 1. The van der Waals surface area contributed by atoms with Crippen molar-refractivity contribution >= 4 is 23.8 Å². The second-order valence-corrected chi connectivity index (χ2v) is 4.48. The third-order valence-electron chi connectivity index (χ3n) is 2.83. The molecule has 0 atom stereocenters. The fraction of sp³-hybridized carbons (Fsp3) is 0.0667. The topological polar surface area (TPSA) is 103 Å². The number of aromatic nitrogens is 1. The molecule has 0 spiro atoms. The standard InChI is InChI=1S/C15H13N3O4.BrH/c19-14(10-18-7-1-2-11(9-18)8-16-22)17-13-5-3-12(4-6-13)15(20)21;/h1-9H,10H2,(H2-,17,19,20,21,22);1H. The van der Waals surface area contributed by atoms with Gasteiger partial charge in [0.25, 0.3) is 5.91 Å². The number of carboxylic acid groups (broad SMARTS) is 1. The lowest BCUT2D eigenvalue weighted by atomic mass is 10.2. The van der Waals surface area contributed by atoms with E-state index in [2.05, 4.69) is 10.5 Å². The molecule has 0 fully saturated rings. The van der Waals surface area contributed by atoms with Gasteiger partial charge in [-0.05, 0) is 30.3 Å². The van der Waals surface area contributed by atoms with Crippen LogP contribution in [0.5, 0.6) is 0 Å². The second kappa shape index (κ2) is 8.64. The van der Waals surface area contributed by atoms with E-state index in [0.29, 0.717) is 11.3 Å². The van der Waals surface area contributed by atoms with E-state index >= 15 is 0 Å². The lowest BCUT2D eigenvalue weighted by Crippen LogP contribution is -3.00.